The largest absolute Gasteiger partial charge is 0.349 e. The van der Waals surface area contributed by atoms with Gasteiger partial charge in [0, 0.05) is 29.3 Å². The first-order valence-corrected chi connectivity index (χ1v) is 7.72. The van der Waals surface area contributed by atoms with Crippen molar-refractivity contribution in [2.24, 2.45) is 0 Å². The fourth-order valence-corrected chi connectivity index (χ4v) is 2.23. The van der Waals surface area contributed by atoms with Crippen LogP contribution in [0.4, 0.5) is 5.69 Å². The van der Waals surface area contributed by atoms with Crippen LogP contribution in [-0.2, 0) is 4.79 Å². The Kier molecular flexibility index (Phi) is 5.84. The molecule has 0 heterocycles. The van der Waals surface area contributed by atoms with Crippen LogP contribution >= 0.6 is 0 Å². The summed E-state index contributed by atoms with van der Waals surface area (Å²) in [6.07, 6.45) is 0.160. The molecule has 0 aliphatic heterocycles. The third kappa shape index (κ3) is 5.05. The summed E-state index contributed by atoms with van der Waals surface area (Å²) in [4.78, 5) is 35.3. The van der Waals surface area contributed by atoms with E-state index in [0.29, 0.717) is 16.8 Å². The second-order valence-corrected chi connectivity index (χ2v) is 5.63. The minimum Gasteiger partial charge on any atom is -0.349 e. The number of carbonyl (C=O) groups excluding carboxylic acids is 3. The first kappa shape index (κ1) is 17.4. The van der Waals surface area contributed by atoms with Crippen molar-refractivity contribution in [2.75, 3.05) is 5.32 Å². The lowest BCUT2D eigenvalue weighted by molar-refractivity contribution is -0.116. The fourth-order valence-electron chi connectivity index (χ4n) is 2.23. The van der Waals surface area contributed by atoms with E-state index < -0.39 is 0 Å². The van der Waals surface area contributed by atoms with Crippen LogP contribution in [0.3, 0.4) is 0 Å². The number of Topliss-reactive ketones (excluding diaryl/α,β-unsaturated/α-hetero) is 1. The van der Waals surface area contributed by atoms with Gasteiger partial charge in [0.15, 0.2) is 5.78 Å². The molecule has 2 aromatic carbocycles. The third-order valence-electron chi connectivity index (χ3n) is 3.48. The van der Waals surface area contributed by atoms with Crippen molar-refractivity contribution in [3.63, 3.8) is 0 Å². The van der Waals surface area contributed by atoms with E-state index in [4.69, 9.17) is 0 Å². The van der Waals surface area contributed by atoms with Crippen molar-refractivity contribution >= 4 is 23.3 Å². The van der Waals surface area contributed by atoms with Gasteiger partial charge in [-0.2, -0.15) is 0 Å². The first-order valence-electron chi connectivity index (χ1n) is 7.72. The van der Waals surface area contributed by atoms with Gasteiger partial charge in [-0.3, -0.25) is 14.4 Å². The van der Waals surface area contributed by atoms with E-state index in [-0.39, 0.29) is 30.1 Å². The lowest BCUT2D eigenvalue weighted by Crippen LogP contribution is -2.35. The summed E-state index contributed by atoms with van der Waals surface area (Å²) in [5, 5.41) is 5.54. The second-order valence-electron chi connectivity index (χ2n) is 5.63. The molecule has 0 bridgehead atoms. The zero-order valence-electron chi connectivity index (χ0n) is 13.7. The van der Waals surface area contributed by atoms with Crippen LogP contribution in [0.2, 0.25) is 0 Å². The lowest BCUT2D eigenvalue weighted by Gasteiger charge is -2.14. The van der Waals surface area contributed by atoms with Gasteiger partial charge in [-0.25, -0.2) is 0 Å². The minimum atomic E-state index is -0.297. The van der Waals surface area contributed by atoms with E-state index >= 15 is 0 Å². The number of carbonyl (C=O) groups is 3. The van der Waals surface area contributed by atoms with Gasteiger partial charge in [0.2, 0.25) is 5.91 Å². The number of hydrogen-bond donors (Lipinski definition) is 2. The van der Waals surface area contributed by atoms with Crippen LogP contribution in [-0.4, -0.2) is 23.6 Å². The number of benzene rings is 2. The summed E-state index contributed by atoms with van der Waals surface area (Å²) >= 11 is 0. The van der Waals surface area contributed by atoms with Crippen molar-refractivity contribution in [3.05, 3.63) is 65.7 Å². The summed E-state index contributed by atoms with van der Waals surface area (Å²) in [7, 11) is 0. The van der Waals surface area contributed by atoms with Crippen LogP contribution < -0.4 is 10.6 Å². The highest BCUT2D eigenvalue weighted by Gasteiger charge is 2.13. The van der Waals surface area contributed by atoms with Gasteiger partial charge in [-0.15, -0.1) is 0 Å². The summed E-state index contributed by atoms with van der Waals surface area (Å²) in [5.74, 6) is -0.432. The lowest BCUT2D eigenvalue weighted by atomic mass is 10.1. The highest BCUT2D eigenvalue weighted by Crippen LogP contribution is 2.11. The summed E-state index contributed by atoms with van der Waals surface area (Å²) in [6.45, 7) is 3.27. The SMILES string of the molecule is CC(=O)c1ccc(NC(=O)CC(C)NC(=O)c2ccccc2)cc1. The quantitative estimate of drug-likeness (QED) is 0.802. The van der Waals surface area contributed by atoms with Crippen molar-refractivity contribution < 1.29 is 14.4 Å². The fraction of sp³-hybridized carbons (Fsp3) is 0.211. The van der Waals surface area contributed by atoms with Crippen LogP contribution in [0.25, 0.3) is 0 Å². The summed E-state index contributed by atoms with van der Waals surface area (Å²) in [5.41, 5.74) is 1.77. The number of hydrogen-bond acceptors (Lipinski definition) is 3. The van der Waals surface area contributed by atoms with Crippen molar-refractivity contribution in [1.29, 1.82) is 0 Å². The Bertz CT molecular complexity index is 724. The molecule has 5 nitrogen and oxygen atoms in total. The van der Waals surface area contributed by atoms with Gasteiger partial charge in [0.1, 0.15) is 0 Å². The van der Waals surface area contributed by atoms with Gasteiger partial charge >= 0.3 is 0 Å². The molecule has 0 radical (unpaired) electrons. The van der Waals surface area contributed by atoms with E-state index in [0.717, 1.165) is 0 Å². The maximum Gasteiger partial charge on any atom is 0.251 e. The highest BCUT2D eigenvalue weighted by atomic mass is 16.2. The van der Waals surface area contributed by atoms with E-state index in [1.807, 2.05) is 6.07 Å². The molecule has 1 unspecified atom stereocenters. The molecule has 1 atom stereocenters. The molecule has 2 rings (SSSR count). The Morgan fingerprint density at radius 3 is 2.12 bits per heavy atom. The predicted octanol–water partition coefficient (Wildman–Crippen LogP) is 3.04. The molecular formula is C19H20N2O3. The Labute approximate surface area is 141 Å². The van der Waals surface area contributed by atoms with Gasteiger partial charge in [0.25, 0.3) is 5.91 Å². The number of amides is 2. The molecule has 0 fully saturated rings. The Morgan fingerprint density at radius 1 is 0.917 bits per heavy atom. The molecule has 0 spiro atoms. The standard InChI is InChI=1S/C19H20N2O3/c1-13(20-19(24)16-6-4-3-5-7-16)12-18(23)21-17-10-8-15(9-11-17)14(2)22/h3-11,13H,12H2,1-2H3,(H,20,24)(H,21,23). The highest BCUT2D eigenvalue weighted by molar-refractivity contribution is 5.96. The van der Waals surface area contributed by atoms with Crippen LogP contribution in [0.15, 0.2) is 54.6 Å². The van der Waals surface area contributed by atoms with E-state index in [9.17, 15) is 14.4 Å². The molecule has 0 saturated heterocycles. The molecule has 0 aliphatic carbocycles. The van der Waals surface area contributed by atoms with E-state index in [1.54, 1.807) is 55.5 Å². The van der Waals surface area contributed by atoms with Crippen molar-refractivity contribution in [3.8, 4) is 0 Å². The molecule has 2 N–H and O–H groups in total. The van der Waals surface area contributed by atoms with E-state index in [1.165, 1.54) is 6.92 Å². The van der Waals surface area contributed by atoms with Crippen LogP contribution in [0.5, 0.6) is 0 Å². The molecule has 2 amide bonds. The second kappa shape index (κ2) is 8.06. The number of rotatable bonds is 6. The monoisotopic (exact) mass is 324 g/mol. The molecule has 24 heavy (non-hydrogen) atoms. The number of nitrogens with one attached hydrogen (secondary N) is 2. The van der Waals surface area contributed by atoms with Gasteiger partial charge in [-0.1, -0.05) is 18.2 Å². The molecule has 0 aromatic heterocycles. The zero-order chi connectivity index (χ0) is 17.5. The molecule has 0 aliphatic rings. The van der Waals surface area contributed by atoms with Gasteiger partial charge in [-0.05, 0) is 50.2 Å². The molecule has 2 aromatic rings. The minimum absolute atomic E-state index is 0.0230. The average Bonchev–Trinajstić information content (AvgIpc) is 2.55. The van der Waals surface area contributed by atoms with Crippen molar-refractivity contribution in [1.82, 2.24) is 5.32 Å². The topological polar surface area (TPSA) is 75.3 Å². The number of anilines is 1. The Balaban J connectivity index is 1.85. The molecule has 124 valence electrons. The Hall–Kier alpha value is -2.95. The van der Waals surface area contributed by atoms with Crippen LogP contribution in [0.1, 0.15) is 41.0 Å². The Morgan fingerprint density at radius 2 is 1.54 bits per heavy atom. The predicted molar refractivity (Wildman–Crippen MR) is 93.1 cm³/mol. The molecular weight excluding hydrogens is 304 g/mol. The smallest absolute Gasteiger partial charge is 0.251 e. The first-order chi connectivity index (χ1) is 11.5. The normalized spacial score (nSPS) is 11.4. The van der Waals surface area contributed by atoms with Gasteiger partial charge in [0.05, 0.1) is 0 Å². The molecule has 5 heteroatoms. The zero-order valence-corrected chi connectivity index (χ0v) is 13.7. The third-order valence-corrected chi connectivity index (χ3v) is 3.48. The maximum atomic E-state index is 12.0. The van der Waals surface area contributed by atoms with E-state index in [2.05, 4.69) is 10.6 Å². The average molecular weight is 324 g/mol. The number of ketones is 1. The summed E-state index contributed by atoms with van der Waals surface area (Å²) < 4.78 is 0. The maximum absolute atomic E-state index is 12.0. The van der Waals surface area contributed by atoms with Crippen LogP contribution in [0, 0.1) is 0 Å². The van der Waals surface area contributed by atoms with Crippen molar-refractivity contribution in [2.45, 2.75) is 26.3 Å². The van der Waals surface area contributed by atoms with Gasteiger partial charge < -0.3 is 10.6 Å². The molecule has 0 saturated carbocycles. The summed E-state index contributed by atoms with van der Waals surface area (Å²) in [6, 6.07) is 15.3.